The fourth-order valence-electron chi connectivity index (χ4n) is 1.40. The molecule has 0 saturated carbocycles. The fourth-order valence-corrected chi connectivity index (χ4v) is 1.40. The van der Waals surface area contributed by atoms with Gasteiger partial charge in [-0.05, 0) is 18.4 Å². The van der Waals surface area contributed by atoms with Crippen molar-refractivity contribution in [3.8, 4) is 0 Å². The van der Waals surface area contributed by atoms with Gasteiger partial charge in [0.05, 0.1) is 11.4 Å². The van der Waals surface area contributed by atoms with Gasteiger partial charge in [-0.15, -0.1) is 0 Å². The zero-order valence-corrected chi connectivity index (χ0v) is 8.36. The van der Waals surface area contributed by atoms with Crippen LogP contribution in [0.25, 0.3) is 10.8 Å². The highest BCUT2D eigenvalue weighted by Crippen LogP contribution is 2.13. The SMILES string of the molecule is CN=C(C)c1cc2ccccc2cn1. The maximum atomic E-state index is 4.35. The van der Waals surface area contributed by atoms with E-state index >= 15 is 0 Å². The second kappa shape index (κ2) is 3.58. The Bertz CT molecular complexity index is 486. The quantitative estimate of drug-likeness (QED) is 0.625. The minimum Gasteiger partial charge on any atom is -0.291 e. The first-order chi connectivity index (χ1) is 6.81. The molecule has 2 heteroatoms. The zero-order valence-electron chi connectivity index (χ0n) is 8.36. The predicted molar refractivity (Wildman–Crippen MR) is 59.9 cm³/mol. The van der Waals surface area contributed by atoms with Crippen molar-refractivity contribution in [2.75, 3.05) is 7.05 Å². The van der Waals surface area contributed by atoms with Crippen LogP contribution < -0.4 is 0 Å². The highest BCUT2D eigenvalue weighted by molar-refractivity contribution is 5.99. The Morgan fingerprint density at radius 2 is 1.93 bits per heavy atom. The Labute approximate surface area is 83.3 Å². The summed E-state index contributed by atoms with van der Waals surface area (Å²) in [4.78, 5) is 8.47. The Hall–Kier alpha value is -1.70. The van der Waals surface area contributed by atoms with Crippen molar-refractivity contribution in [1.82, 2.24) is 4.98 Å². The van der Waals surface area contributed by atoms with E-state index in [2.05, 4.69) is 28.2 Å². The van der Waals surface area contributed by atoms with Gasteiger partial charge >= 0.3 is 0 Å². The van der Waals surface area contributed by atoms with E-state index in [0.29, 0.717) is 0 Å². The summed E-state index contributed by atoms with van der Waals surface area (Å²) in [6, 6.07) is 10.3. The summed E-state index contributed by atoms with van der Waals surface area (Å²) in [6.45, 7) is 1.97. The van der Waals surface area contributed by atoms with Gasteiger partial charge in [-0.2, -0.15) is 0 Å². The molecule has 0 N–H and O–H groups in total. The molecule has 0 fully saturated rings. The molecular weight excluding hydrogens is 172 g/mol. The summed E-state index contributed by atoms with van der Waals surface area (Å²) in [6.07, 6.45) is 1.89. The standard InChI is InChI=1S/C12H12N2/c1-9(13-2)12-7-10-5-3-4-6-11(10)8-14-12/h3-8H,1-2H3. The highest BCUT2D eigenvalue weighted by Gasteiger charge is 1.99. The number of hydrogen-bond acceptors (Lipinski definition) is 2. The molecule has 2 nitrogen and oxygen atoms in total. The Kier molecular flexibility index (Phi) is 2.27. The molecule has 2 aromatic rings. The van der Waals surface area contributed by atoms with E-state index in [-0.39, 0.29) is 0 Å². The molecule has 2 rings (SSSR count). The van der Waals surface area contributed by atoms with Gasteiger partial charge in [0, 0.05) is 18.6 Å². The largest absolute Gasteiger partial charge is 0.291 e. The van der Waals surface area contributed by atoms with E-state index in [1.165, 1.54) is 10.8 Å². The molecule has 1 aromatic heterocycles. The van der Waals surface area contributed by atoms with Gasteiger partial charge in [-0.1, -0.05) is 24.3 Å². The maximum Gasteiger partial charge on any atom is 0.0843 e. The first kappa shape index (κ1) is 8.88. The van der Waals surface area contributed by atoms with Crippen LogP contribution in [0.1, 0.15) is 12.6 Å². The lowest BCUT2D eigenvalue weighted by Gasteiger charge is -2.01. The average Bonchev–Trinajstić information content (AvgIpc) is 2.27. The van der Waals surface area contributed by atoms with Gasteiger partial charge in [0.25, 0.3) is 0 Å². The van der Waals surface area contributed by atoms with E-state index in [1.54, 1.807) is 7.05 Å². The molecule has 0 amide bonds. The average molecular weight is 184 g/mol. The summed E-state index contributed by atoms with van der Waals surface area (Å²) >= 11 is 0. The van der Waals surface area contributed by atoms with E-state index in [0.717, 1.165) is 11.4 Å². The summed E-state index contributed by atoms with van der Waals surface area (Å²) in [5, 5.41) is 2.38. The number of benzene rings is 1. The molecular formula is C12H12N2. The molecule has 1 heterocycles. The molecule has 70 valence electrons. The molecule has 14 heavy (non-hydrogen) atoms. The predicted octanol–water partition coefficient (Wildman–Crippen LogP) is 2.67. The third-order valence-electron chi connectivity index (χ3n) is 2.34. The van der Waals surface area contributed by atoms with Gasteiger partial charge in [0.1, 0.15) is 0 Å². The summed E-state index contributed by atoms with van der Waals surface area (Å²) in [5.41, 5.74) is 1.92. The van der Waals surface area contributed by atoms with E-state index < -0.39 is 0 Å². The minimum absolute atomic E-state index is 0.950. The molecule has 0 saturated heterocycles. The minimum atomic E-state index is 0.950. The van der Waals surface area contributed by atoms with Crippen LogP contribution in [0, 0.1) is 0 Å². The molecule has 0 bridgehead atoms. The second-order valence-corrected chi connectivity index (χ2v) is 3.23. The number of aliphatic imine (C=N–C) groups is 1. The Morgan fingerprint density at radius 1 is 1.21 bits per heavy atom. The van der Waals surface area contributed by atoms with Crippen molar-refractivity contribution in [3.05, 3.63) is 42.2 Å². The van der Waals surface area contributed by atoms with Crippen LogP contribution in [0.5, 0.6) is 0 Å². The summed E-state index contributed by atoms with van der Waals surface area (Å²) < 4.78 is 0. The molecule has 0 aliphatic carbocycles. The van der Waals surface area contributed by atoms with E-state index in [4.69, 9.17) is 0 Å². The normalized spacial score (nSPS) is 12.0. The summed E-state index contributed by atoms with van der Waals surface area (Å²) in [5.74, 6) is 0. The van der Waals surface area contributed by atoms with Gasteiger partial charge in [0.2, 0.25) is 0 Å². The van der Waals surface area contributed by atoms with Crippen LogP contribution in [-0.4, -0.2) is 17.7 Å². The van der Waals surface area contributed by atoms with Crippen LogP contribution >= 0.6 is 0 Å². The fraction of sp³-hybridized carbons (Fsp3) is 0.167. The number of hydrogen-bond donors (Lipinski definition) is 0. The molecule has 0 aliphatic heterocycles. The number of fused-ring (bicyclic) bond motifs is 1. The molecule has 0 atom stereocenters. The zero-order chi connectivity index (χ0) is 9.97. The Balaban J connectivity index is 2.62. The van der Waals surface area contributed by atoms with Crippen molar-refractivity contribution in [2.24, 2.45) is 4.99 Å². The van der Waals surface area contributed by atoms with Crippen molar-refractivity contribution < 1.29 is 0 Å². The van der Waals surface area contributed by atoms with Gasteiger partial charge < -0.3 is 0 Å². The van der Waals surface area contributed by atoms with Crippen LogP contribution in [0.2, 0.25) is 0 Å². The molecule has 0 radical (unpaired) electrons. The molecule has 0 aliphatic rings. The third-order valence-corrected chi connectivity index (χ3v) is 2.34. The topological polar surface area (TPSA) is 25.2 Å². The van der Waals surface area contributed by atoms with Crippen LogP contribution in [0.3, 0.4) is 0 Å². The molecule has 1 aromatic carbocycles. The van der Waals surface area contributed by atoms with Gasteiger partial charge in [-0.25, -0.2) is 0 Å². The second-order valence-electron chi connectivity index (χ2n) is 3.23. The number of nitrogens with zero attached hydrogens (tertiary/aromatic N) is 2. The van der Waals surface area contributed by atoms with Crippen LogP contribution in [-0.2, 0) is 0 Å². The smallest absolute Gasteiger partial charge is 0.0843 e. The number of rotatable bonds is 1. The summed E-state index contributed by atoms with van der Waals surface area (Å²) in [7, 11) is 1.78. The Morgan fingerprint density at radius 3 is 2.64 bits per heavy atom. The first-order valence-corrected chi connectivity index (χ1v) is 4.60. The maximum absolute atomic E-state index is 4.35. The van der Waals surface area contributed by atoms with Crippen molar-refractivity contribution in [1.29, 1.82) is 0 Å². The highest BCUT2D eigenvalue weighted by atomic mass is 14.7. The lowest BCUT2D eigenvalue weighted by Crippen LogP contribution is -1.97. The first-order valence-electron chi connectivity index (χ1n) is 4.60. The molecule has 0 unspecified atom stereocenters. The van der Waals surface area contributed by atoms with E-state index in [1.807, 2.05) is 25.3 Å². The van der Waals surface area contributed by atoms with Crippen LogP contribution in [0.15, 0.2) is 41.5 Å². The van der Waals surface area contributed by atoms with Crippen molar-refractivity contribution in [2.45, 2.75) is 6.92 Å². The lowest BCUT2D eigenvalue weighted by atomic mass is 10.1. The lowest BCUT2D eigenvalue weighted by molar-refractivity contribution is 1.29. The van der Waals surface area contributed by atoms with Gasteiger partial charge in [0.15, 0.2) is 0 Å². The molecule has 0 spiro atoms. The number of aromatic nitrogens is 1. The van der Waals surface area contributed by atoms with Crippen molar-refractivity contribution in [3.63, 3.8) is 0 Å². The van der Waals surface area contributed by atoms with Crippen LogP contribution in [0.4, 0.5) is 0 Å². The third kappa shape index (κ3) is 1.51. The van der Waals surface area contributed by atoms with Gasteiger partial charge in [-0.3, -0.25) is 9.98 Å². The number of pyridine rings is 1. The van der Waals surface area contributed by atoms with E-state index in [9.17, 15) is 0 Å². The monoisotopic (exact) mass is 184 g/mol. The van der Waals surface area contributed by atoms with Crippen molar-refractivity contribution >= 4 is 16.5 Å².